The van der Waals surface area contributed by atoms with Crippen LogP contribution in [0.25, 0.3) is 0 Å². The summed E-state index contributed by atoms with van der Waals surface area (Å²) >= 11 is 0. The Bertz CT molecular complexity index is 2380. The third kappa shape index (κ3) is 74.4. The lowest BCUT2D eigenvalue weighted by Crippen LogP contribution is -2.30. The first-order chi connectivity index (χ1) is 48.2. The highest BCUT2D eigenvalue weighted by Crippen LogP contribution is 2.45. The molecule has 18 heteroatoms. The first-order valence-corrected chi connectivity index (χ1v) is 41.1. The van der Waals surface area contributed by atoms with E-state index >= 15 is 0 Å². The van der Waals surface area contributed by atoms with Crippen LogP contribution in [0, 0.1) is 0 Å². The van der Waals surface area contributed by atoms with Crippen LogP contribution in [0.15, 0.2) is 146 Å². The largest absolute Gasteiger partial charge is 0.472 e. The van der Waals surface area contributed by atoms with E-state index in [1.807, 2.05) is 0 Å². The number of esters is 3. The lowest BCUT2D eigenvalue weighted by atomic mass is 10.1. The third-order valence-corrected chi connectivity index (χ3v) is 17.4. The van der Waals surface area contributed by atoms with Crippen molar-refractivity contribution in [1.82, 2.24) is 0 Å². The zero-order valence-electron chi connectivity index (χ0n) is 61.6. The summed E-state index contributed by atoms with van der Waals surface area (Å²) in [6.45, 7) is 2.39. The van der Waals surface area contributed by atoms with Crippen molar-refractivity contribution in [3.8, 4) is 0 Å². The highest BCUT2D eigenvalue weighted by molar-refractivity contribution is 7.47. The molecule has 0 saturated heterocycles. The van der Waals surface area contributed by atoms with Crippen LogP contribution in [0.1, 0.15) is 290 Å². The van der Waals surface area contributed by atoms with E-state index in [1.54, 1.807) is 0 Å². The van der Waals surface area contributed by atoms with Gasteiger partial charge < -0.3 is 34.2 Å². The number of aliphatic hydroxyl groups is 2. The number of carbonyl (C=O) groups excluding carboxylic acids is 3. The van der Waals surface area contributed by atoms with Gasteiger partial charge in [0.2, 0.25) is 0 Å². The summed E-state index contributed by atoms with van der Waals surface area (Å²) in [5.74, 6) is -1.61. The van der Waals surface area contributed by atoms with Gasteiger partial charge in [-0.05, 0) is 141 Å². The summed E-state index contributed by atoms with van der Waals surface area (Å²) in [6.07, 6.45) is 88.8. The summed E-state index contributed by atoms with van der Waals surface area (Å²) in [4.78, 5) is 58.6. The minimum atomic E-state index is -4.94. The van der Waals surface area contributed by atoms with Crippen molar-refractivity contribution in [2.75, 3.05) is 39.6 Å². The molecule has 99 heavy (non-hydrogen) atoms. The molecule has 0 aliphatic heterocycles. The molecule has 0 bridgehead atoms. The third-order valence-electron chi connectivity index (χ3n) is 15.5. The Morgan fingerprint density at radius 2 is 0.535 bits per heavy atom. The van der Waals surface area contributed by atoms with Crippen LogP contribution < -0.4 is 0 Å². The van der Waals surface area contributed by atoms with Crippen LogP contribution in [0.2, 0.25) is 0 Å². The van der Waals surface area contributed by atoms with E-state index in [1.165, 1.54) is 38.5 Å². The number of phosphoric acid groups is 2. The molecule has 566 valence electrons. The first kappa shape index (κ1) is 94.4. The number of unbranched alkanes of at least 4 members (excludes halogenated alkanes) is 24. The lowest BCUT2D eigenvalue weighted by molar-refractivity contribution is -0.161. The van der Waals surface area contributed by atoms with Gasteiger partial charge >= 0.3 is 33.6 Å². The lowest BCUT2D eigenvalue weighted by Gasteiger charge is -2.21. The normalized spacial score (nSPS) is 14.9. The average Bonchev–Trinajstić information content (AvgIpc) is 2.62. The van der Waals surface area contributed by atoms with Crippen LogP contribution in [-0.4, -0.2) is 95.9 Å². The molecule has 4 N–H and O–H groups in total. The fourth-order valence-electron chi connectivity index (χ4n) is 9.77. The highest BCUT2D eigenvalue weighted by Gasteiger charge is 2.29. The number of rotatable bonds is 71. The zero-order chi connectivity index (χ0) is 72.3. The Hall–Kier alpha value is -4.57. The number of allylic oxidation sites excluding steroid dienone is 24. The number of hydrogen-bond acceptors (Lipinski definition) is 14. The van der Waals surface area contributed by atoms with E-state index < -0.39 is 91.5 Å². The summed E-state index contributed by atoms with van der Waals surface area (Å²) in [5.41, 5.74) is 0. The molecule has 0 saturated carbocycles. The van der Waals surface area contributed by atoms with E-state index in [9.17, 15) is 43.5 Å². The summed E-state index contributed by atoms with van der Waals surface area (Å²) in [7, 11) is -9.80. The van der Waals surface area contributed by atoms with Gasteiger partial charge in [-0.1, -0.05) is 276 Å². The number of phosphoric ester groups is 2. The van der Waals surface area contributed by atoms with Crippen molar-refractivity contribution < 1.29 is 75.8 Å². The molecule has 16 nitrogen and oxygen atoms in total. The van der Waals surface area contributed by atoms with Crippen LogP contribution in [0.4, 0.5) is 0 Å². The average molecular weight is 1430 g/mol. The molecule has 0 aromatic carbocycles. The van der Waals surface area contributed by atoms with Gasteiger partial charge in [-0.2, -0.15) is 0 Å². The van der Waals surface area contributed by atoms with Gasteiger partial charge in [0.1, 0.15) is 25.4 Å². The van der Waals surface area contributed by atoms with Crippen molar-refractivity contribution in [2.24, 2.45) is 0 Å². The minimum absolute atomic E-state index is 0.0865. The number of aliphatic hydroxyl groups excluding tert-OH is 2. The zero-order valence-corrected chi connectivity index (χ0v) is 63.4. The molecule has 0 aromatic rings. The van der Waals surface area contributed by atoms with Crippen LogP contribution in [0.5, 0.6) is 0 Å². The Morgan fingerprint density at radius 3 is 0.848 bits per heavy atom. The first-order valence-electron chi connectivity index (χ1n) is 38.1. The summed E-state index contributed by atoms with van der Waals surface area (Å²) in [6, 6.07) is 0. The predicted octanol–water partition coefficient (Wildman–Crippen LogP) is 22.1. The summed E-state index contributed by atoms with van der Waals surface area (Å²) < 4.78 is 61.1. The maximum atomic E-state index is 13.0. The van der Waals surface area contributed by atoms with Gasteiger partial charge in [0.05, 0.1) is 26.4 Å². The van der Waals surface area contributed by atoms with E-state index in [2.05, 4.69) is 167 Å². The standard InChI is InChI=1S/C81H136O16P2/c1-4-7-10-13-16-19-22-25-28-31-33-34-35-36-37-38-39-40-42-45-46-49-52-55-58-61-64-67-79(84)91-70-76(82)71-93-98(87,88)94-72-77(83)73-95-99(89,90)96-75-78(97-81(86)69-66-63-60-57-54-51-48-43-30-27-24-21-18-15-12-9-6-3)74-92-80(85)68-65-62-59-56-53-50-47-44-41-32-29-26-23-20-17-14-11-8-5-2/h7,9-10,12,16-21,25-30,33-34,36-37,39-41,44,76-78,82-83H,4-6,8,11,13-15,22-24,31-32,35,38,42-43,45-75H2,1-3H3,(H,87,88)(H,89,90)/b10-7-,12-9-,19-16-,20-17-,21-18-,28-25-,29-26-,30-27-,34-33-,37-36-,40-39-,44-41-. The second-order valence-corrected chi connectivity index (χ2v) is 27.9. The van der Waals surface area contributed by atoms with Gasteiger partial charge in [-0.25, -0.2) is 9.13 Å². The molecule has 0 fully saturated rings. The molecular formula is C81H136O16P2. The maximum absolute atomic E-state index is 13.0. The predicted molar refractivity (Wildman–Crippen MR) is 408 cm³/mol. The van der Waals surface area contributed by atoms with Gasteiger partial charge in [0.25, 0.3) is 0 Å². The topological polar surface area (TPSA) is 231 Å². The monoisotopic (exact) mass is 1430 g/mol. The van der Waals surface area contributed by atoms with E-state index in [0.29, 0.717) is 19.3 Å². The Kier molecular flexibility index (Phi) is 69.8. The van der Waals surface area contributed by atoms with Crippen molar-refractivity contribution in [2.45, 2.75) is 309 Å². The maximum Gasteiger partial charge on any atom is 0.472 e. The van der Waals surface area contributed by atoms with Crippen molar-refractivity contribution >= 4 is 33.6 Å². The molecule has 0 amide bonds. The van der Waals surface area contributed by atoms with Gasteiger partial charge in [-0.15, -0.1) is 0 Å². The molecule has 0 aliphatic carbocycles. The van der Waals surface area contributed by atoms with Crippen molar-refractivity contribution in [3.63, 3.8) is 0 Å². The van der Waals surface area contributed by atoms with Gasteiger partial charge in [0.15, 0.2) is 6.10 Å². The molecule has 0 heterocycles. The van der Waals surface area contributed by atoms with Crippen LogP contribution in [-0.2, 0) is 55.8 Å². The molecule has 5 atom stereocenters. The van der Waals surface area contributed by atoms with Crippen molar-refractivity contribution in [3.05, 3.63) is 146 Å². The number of hydrogen-bond donors (Lipinski definition) is 4. The van der Waals surface area contributed by atoms with E-state index in [0.717, 1.165) is 193 Å². The molecule has 0 aliphatic rings. The van der Waals surface area contributed by atoms with Gasteiger partial charge in [-0.3, -0.25) is 32.5 Å². The Labute approximate surface area is 600 Å². The van der Waals surface area contributed by atoms with E-state index in [4.69, 9.17) is 32.3 Å². The van der Waals surface area contributed by atoms with Crippen LogP contribution >= 0.6 is 15.6 Å². The smallest absolute Gasteiger partial charge is 0.463 e. The molecule has 0 aromatic heterocycles. The minimum Gasteiger partial charge on any atom is -0.463 e. The fraction of sp³-hybridized carbons (Fsp3) is 0.667. The molecule has 0 spiro atoms. The number of ether oxygens (including phenoxy) is 3. The number of carbonyl (C=O) groups is 3. The van der Waals surface area contributed by atoms with E-state index in [-0.39, 0.29) is 19.3 Å². The Morgan fingerprint density at radius 1 is 0.293 bits per heavy atom. The quantitative estimate of drug-likeness (QED) is 0.0146. The van der Waals surface area contributed by atoms with Gasteiger partial charge in [0, 0.05) is 19.3 Å². The molecule has 0 radical (unpaired) electrons. The fourth-order valence-corrected chi connectivity index (χ4v) is 11.4. The SMILES string of the molecule is CC/C=C\C/C=C\C/C=C\C/C=C\C/C=C\C/C=C\CCCCCCCCCCC(=O)OCC(O)COP(=O)(O)OCC(O)COP(=O)(O)OCC(COC(=O)CCCCCCCC/C=C\C/C=C\C/C=C\CCCCC)OC(=O)CCCCCCCCC/C=C\C/C=C\C/C=C\CC. The highest BCUT2D eigenvalue weighted by atomic mass is 31.2. The second-order valence-electron chi connectivity index (χ2n) is 25.0. The second kappa shape index (κ2) is 73.2. The molecule has 0 rings (SSSR count). The van der Waals surface area contributed by atoms with Crippen LogP contribution in [0.3, 0.4) is 0 Å². The Balaban J connectivity index is 4.62. The molecule has 5 unspecified atom stereocenters. The summed E-state index contributed by atoms with van der Waals surface area (Å²) in [5, 5.41) is 20.6. The molecular weight excluding hydrogens is 1290 g/mol. The van der Waals surface area contributed by atoms with Crippen molar-refractivity contribution in [1.29, 1.82) is 0 Å².